The van der Waals surface area contributed by atoms with Gasteiger partial charge >= 0.3 is 5.97 Å². The van der Waals surface area contributed by atoms with E-state index >= 15 is 0 Å². The molecule has 2 atom stereocenters. The first-order chi connectivity index (χ1) is 16.3. The summed E-state index contributed by atoms with van der Waals surface area (Å²) in [6.45, 7) is 1.69. The van der Waals surface area contributed by atoms with Gasteiger partial charge in [-0.05, 0) is 36.8 Å². The smallest absolute Gasteiger partial charge is 0.319 e. The maximum atomic E-state index is 12.9. The Morgan fingerprint density at radius 1 is 1.15 bits per heavy atom. The van der Waals surface area contributed by atoms with E-state index in [2.05, 4.69) is 16.7 Å². The van der Waals surface area contributed by atoms with Gasteiger partial charge in [0.1, 0.15) is 5.92 Å². The molecule has 0 fully saturated rings. The fourth-order valence-corrected chi connectivity index (χ4v) is 4.80. The van der Waals surface area contributed by atoms with E-state index in [0.717, 1.165) is 11.8 Å². The first kappa shape index (κ1) is 25.9. The molecular weight excluding hydrogens is 521 g/mol. The van der Waals surface area contributed by atoms with Crippen LogP contribution in [0.5, 0.6) is 0 Å². The third kappa shape index (κ3) is 5.86. The highest BCUT2D eigenvalue weighted by Gasteiger charge is 2.45. The topological polar surface area (TPSA) is 108 Å². The van der Waals surface area contributed by atoms with Gasteiger partial charge in [0.15, 0.2) is 0 Å². The molecular formula is C23H18Cl3N3O4S. The SMILES string of the molecule is CCOC(=O)[C@@H]1C(=O)NC(SCC(=O)Nc2ccc(Cl)c(Cl)c2)=C(C#N)[C@@H]1c1ccccc1Cl. The summed E-state index contributed by atoms with van der Waals surface area (Å²) in [5, 5.41) is 16.3. The van der Waals surface area contributed by atoms with Crippen LogP contribution in [-0.2, 0) is 19.1 Å². The Kier molecular flexibility index (Phi) is 8.86. The molecule has 0 spiro atoms. The van der Waals surface area contributed by atoms with Crippen LogP contribution in [0.4, 0.5) is 5.69 Å². The second kappa shape index (κ2) is 11.6. The number of rotatable bonds is 7. The number of esters is 1. The largest absolute Gasteiger partial charge is 0.465 e. The van der Waals surface area contributed by atoms with E-state index in [1.165, 1.54) is 6.07 Å². The molecule has 0 unspecified atom stereocenters. The lowest BCUT2D eigenvalue weighted by Gasteiger charge is -2.31. The minimum Gasteiger partial charge on any atom is -0.465 e. The van der Waals surface area contributed by atoms with Crippen molar-refractivity contribution < 1.29 is 19.1 Å². The van der Waals surface area contributed by atoms with Gasteiger partial charge < -0.3 is 15.4 Å². The normalized spacial score (nSPS) is 17.6. The number of nitrogens with zero attached hydrogens (tertiary/aromatic N) is 1. The maximum Gasteiger partial charge on any atom is 0.319 e. The van der Waals surface area contributed by atoms with Gasteiger partial charge in [-0.1, -0.05) is 64.8 Å². The van der Waals surface area contributed by atoms with Crippen molar-refractivity contribution in [2.45, 2.75) is 12.8 Å². The maximum absolute atomic E-state index is 12.9. The van der Waals surface area contributed by atoms with E-state index in [4.69, 9.17) is 39.5 Å². The Balaban J connectivity index is 1.90. The molecule has 0 saturated heterocycles. The summed E-state index contributed by atoms with van der Waals surface area (Å²) in [6.07, 6.45) is 0. The van der Waals surface area contributed by atoms with Crippen LogP contribution < -0.4 is 10.6 Å². The number of nitriles is 1. The number of hydrogen-bond acceptors (Lipinski definition) is 6. The third-order valence-corrected chi connectivity index (χ3v) is 6.96. The first-order valence-corrected chi connectivity index (χ1v) is 12.1. The Hall–Kier alpha value is -2.70. The Morgan fingerprint density at radius 2 is 1.88 bits per heavy atom. The van der Waals surface area contributed by atoms with Gasteiger partial charge in [-0.15, -0.1) is 0 Å². The average molecular weight is 539 g/mol. The molecule has 0 radical (unpaired) electrons. The van der Waals surface area contributed by atoms with Crippen molar-refractivity contribution in [1.82, 2.24) is 5.32 Å². The van der Waals surface area contributed by atoms with E-state index in [0.29, 0.717) is 21.3 Å². The second-order valence-electron chi connectivity index (χ2n) is 7.04. The van der Waals surface area contributed by atoms with Gasteiger partial charge in [-0.2, -0.15) is 5.26 Å². The highest BCUT2D eigenvalue weighted by atomic mass is 35.5. The summed E-state index contributed by atoms with van der Waals surface area (Å²) >= 11 is 19.2. The van der Waals surface area contributed by atoms with E-state index in [1.54, 1.807) is 43.3 Å². The molecule has 3 rings (SSSR count). The Morgan fingerprint density at radius 3 is 2.53 bits per heavy atom. The lowest BCUT2D eigenvalue weighted by atomic mass is 9.78. The number of ether oxygens (including phenoxy) is 1. The molecule has 1 aliphatic rings. The molecule has 2 aromatic carbocycles. The van der Waals surface area contributed by atoms with E-state index in [1.807, 2.05) is 0 Å². The van der Waals surface area contributed by atoms with Crippen molar-refractivity contribution in [3.8, 4) is 6.07 Å². The molecule has 34 heavy (non-hydrogen) atoms. The summed E-state index contributed by atoms with van der Waals surface area (Å²) in [5.74, 6) is -4.20. The van der Waals surface area contributed by atoms with Crippen LogP contribution in [0.15, 0.2) is 53.1 Å². The lowest BCUT2D eigenvalue weighted by Crippen LogP contribution is -2.44. The minimum absolute atomic E-state index is 0.0694. The quantitative estimate of drug-likeness (QED) is 0.373. The van der Waals surface area contributed by atoms with E-state index in [9.17, 15) is 19.6 Å². The van der Waals surface area contributed by atoms with Gasteiger partial charge in [-0.25, -0.2) is 0 Å². The molecule has 0 aromatic heterocycles. The zero-order valence-electron chi connectivity index (χ0n) is 17.7. The summed E-state index contributed by atoms with van der Waals surface area (Å²) in [6, 6.07) is 13.4. The summed E-state index contributed by atoms with van der Waals surface area (Å²) in [5.41, 5.74) is 0.989. The number of hydrogen-bond donors (Lipinski definition) is 2. The monoisotopic (exact) mass is 537 g/mol. The predicted octanol–water partition coefficient (Wildman–Crippen LogP) is 5.15. The van der Waals surface area contributed by atoms with Crippen LogP contribution in [0, 0.1) is 17.2 Å². The summed E-state index contributed by atoms with van der Waals surface area (Å²) in [4.78, 5) is 38.1. The minimum atomic E-state index is -1.30. The molecule has 2 amide bonds. The molecule has 0 bridgehead atoms. The Bertz CT molecular complexity index is 1210. The number of thioether (sulfide) groups is 1. The molecule has 0 saturated carbocycles. The molecule has 2 aromatic rings. The van der Waals surface area contributed by atoms with Crippen LogP contribution in [0.1, 0.15) is 18.4 Å². The number of anilines is 1. The molecule has 11 heteroatoms. The third-order valence-electron chi connectivity index (χ3n) is 4.86. The van der Waals surface area contributed by atoms with Crippen LogP contribution >= 0.6 is 46.6 Å². The van der Waals surface area contributed by atoms with Crippen molar-refractivity contribution >= 4 is 70.0 Å². The van der Waals surface area contributed by atoms with Crippen LogP contribution in [0.2, 0.25) is 15.1 Å². The molecule has 0 aliphatic carbocycles. The highest BCUT2D eigenvalue weighted by molar-refractivity contribution is 8.03. The predicted molar refractivity (Wildman–Crippen MR) is 133 cm³/mol. The highest BCUT2D eigenvalue weighted by Crippen LogP contribution is 2.42. The van der Waals surface area contributed by atoms with Crippen molar-refractivity contribution in [2.24, 2.45) is 5.92 Å². The van der Waals surface area contributed by atoms with E-state index < -0.39 is 29.6 Å². The number of halogens is 3. The number of carbonyl (C=O) groups is 3. The first-order valence-electron chi connectivity index (χ1n) is 10.0. The number of allylic oxidation sites excluding steroid dienone is 1. The van der Waals surface area contributed by atoms with Crippen molar-refractivity contribution in [3.63, 3.8) is 0 Å². The van der Waals surface area contributed by atoms with Crippen molar-refractivity contribution in [2.75, 3.05) is 17.7 Å². The summed E-state index contributed by atoms with van der Waals surface area (Å²) < 4.78 is 5.09. The number of carbonyl (C=O) groups excluding carboxylic acids is 3. The fraction of sp³-hybridized carbons (Fsp3) is 0.217. The molecule has 1 aliphatic heterocycles. The zero-order valence-corrected chi connectivity index (χ0v) is 20.8. The van der Waals surface area contributed by atoms with Crippen LogP contribution in [0.3, 0.4) is 0 Å². The van der Waals surface area contributed by atoms with Crippen molar-refractivity contribution in [3.05, 3.63) is 73.7 Å². The average Bonchev–Trinajstić information content (AvgIpc) is 2.80. The van der Waals surface area contributed by atoms with Gasteiger partial charge in [-0.3, -0.25) is 14.4 Å². The molecule has 2 N–H and O–H groups in total. The number of amides is 2. The van der Waals surface area contributed by atoms with Gasteiger partial charge in [0.25, 0.3) is 0 Å². The van der Waals surface area contributed by atoms with Crippen LogP contribution in [-0.4, -0.2) is 30.1 Å². The zero-order chi connectivity index (χ0) is 24.8. The number of nitrogens with one attached hydrogen (secondary N) is 2. The number of benzene rings is 2. The fourth-order valence-electron chi connectivity index (χ4n) is 3.40. The van der Waals surface area contributed by atoms with Crippen LogP contribution in [0.25, 0.3) is 0 Å². The molecule has 176 valence electrons. The van der Waals surface area contributed by atoms with Gasteiger partial charge in [0, 0.05) is 16.6 Å². The van der Waals surface area contributed by atoms with Gasteiger partial charge in [0.05, 0.1) is 39.1 Å². The van der Waals surface area contributed by atoms with Gasteiger partial charge in [0.2, 0.25) is 11.8 Å². The molecule has 7 nitrogen and oxygen atoms in total. The lowest BCUT2D eigenvalue weighted by molar-refractivity contribution is -0.152. The second-order valence-corrected chi connectivity index (χ2v) is 9.25. The molecule has 1 heterocycles. The Labute approximate surface area is 215 Å². The summed E-state index contributed by atoms with van der Waals surface area (Å²) in [7, 11) is 0. The van der Waals surface area contributed by atoms with E-state index in [-0.39, 0.29) is 28.0 Å². The van der Waals surface area contributed by atoms with Crippen molar-refractivity contribution in [1.29, 1.82) is 5.26 Å². The standard InChI is InChI=1S/C23H18Cl3N3O4S/c1-2-33-23(32)20-19(13-5-3-4-6-15(13)24)14(10-27)22(29-21(20)31)34-11-18(30)28-12-7-8-16(25)17(26)9-12/h3-9,19-20H,2,11H2,1H3,(H,28,30)(H,29,31)/t19-,20-/m0/s1.